The van der Waals surface area contributed by atoms with Gasteiger partial charge < -0.3 is 4.42 Å². The van der Waals surface area contributed by atoms with Crippen LogP contribution in [0.25, 0.3) is 0 Å². The Hall–Kier alpha value is -1.42. The van der Waals surface area contributed by atoms with Crippen molar-refractivity contribution >= 4 is 21.7 Å². The molecule has 0 aliphatic rings. The highest BCUT2D eigenvalue weighted by Crippen LogP contribution is 2.21. The van der Waals surface area contributed by atoms with Gasteiger partial charge in [-0.2, -0.15) is 0 Å². The van der Waals surface area contributed by atoms with Crippen LogP contribution < -0.4 is 0 Å². The first-order chi connectivity index (χ1) is 7.18. The van der Waals surface area contributed by atoms with E-state index in [-0.39, 0.29) is 11.5 Å². The lowest BCUT2D eigenvalue weighted by atomic mass is 10.1. The second-order valence-electron chi connectivity index (χ2n) is 2.93. The van der Waals surface area contributed by atoms with Crippen LogP contribution in [-0.2, 0) is 0 Å². The summed E-state index contributed by atoms with van der Waals surface area (Å²) in [5.41, 5.74) is 0.381. The average Bonchev–Trinajstić information content (AvgIpc) is 2.69. The average molecular weight is 269 g/mol. The van der Waals surface area contributed by atoms with Crippen LogP contribution in [0.5, 0.6) is 0 Å². The first-order valence-corrected chi connectivity index (χ1v) is 5.01. The summed E-state index contributed by atoms with van der Waals surface area (Å²) in [5, 5.41) is 0. The number of hydrogen-bond donors (Lipinski definition) is 0. The van der Waals surface area contributed by atoms with Crippen molar-refractivity contribution in [3.8, 4) is 0 Å². The molecule has 0 N–H and O–H groups in total. The van der Waals surface area contributed by atoms with E-state index in [1.165, 1.54) is 24.5 Å². The zero-order chi connectivity index (χ0) is 10.8. The summed E-state index contributed by atoms with van der Waals surface area (Å²) in [4.78, 5) is 11.8. The van der Waals surface area contributed by atoms with Crippen molar-refractivity contribution in [2.24, 2.45) is 0 Å². The third-order valence-corrected chi connectivity index (χ3v) is 2.58. The molecule has 1 aromatic carbocycles. The maximum absolute atomic E-state index is 12.8. The van der Waals surface area contributed by atoms with Gasteiger partial charge in [0.25, 0.3) is 0 Å². The van der Waals surface area contributed by atoms with E-state index in [1.54, 1.807) is 12.1 Å². The molecule has 0 saturated heterocycles. The van der Waals surface area contributed by atoms with Gasteiger partial charge in [-0.3, -0.25) is 4.79 Å². The second kappa shape index (κ2) is 3.98. The fraction of sp³-hybridized carbons (Fsp3) is 0. The summed E-state index contributed by atoms with van der Waals surface area (Å²) >= 11 is 3.13. The van der Waals surface area contributed by atoms with Crippen LogP contribution in [0.4, 0.5) is 4.39 Å². The Kier molecular flexibility index (Phi) is 2.68. The van der Waals surface area contributed by atoms with Gasteiger partial charge in [-0.1, -0.05) is 0 Å². The van der Waals surface area contributed by atoms with Crippen molar-refractivity contribution in [3.63, 3.8) is 0 Å². The minimum atomic E-state index is -0.391. The molecule has 1 aromatic heterocycles. The number of rotatable bonds is 2. The Morgan fingerprint density at radius 1 is 1.33 bits per heavy atom. The van der Waals surface area contributed by atoms with Crippen LogP contribution in [-0.4, -0.2) is 5.78 Å². The normalized spacial score (nSPS) is 10.3. The molecule has 0 bridgehead atoms. The fourth-order valence-electron chi connectivity index (χ4n) is 1.21. The van der Waals surface area contributed by atoms with Crippen molar-refractivity contribution < 1.29 is 13.6 Å². The van der Waals surface area contributed by atoms with E-state index >= 15 is 0 Å². The Morgan fingerprint density at radius 2 is 2.13 bits per heavy atom. The molecule has 2 nitrogen and oxygen atoms in total. The van der Waals surface area contributed by atoms with Crippen LogP contribution in [0.2, 0.25) is 0 Å². The summed E-state index contributed by atoms with van der Waals surface area (Å²) in [6.45, 7) is 0. The maximum atomic E-state index is 12.8. The Morgan fingerprint density at radius 3 is 2.73 bits per heavy atom. The van der Waals surface area contributed by atoms with Gasteiger partial charge in [0.1, 0.15) is 5.82 Å². The van der Waals surface area contributed by atoms with Crippen LogP contribution >= 0.6 is 15.9 Å². The minimum Gasteiger partial charge on any atom is -0.461 e. The molecule has 0 aliphatic carbocycles. The van der Waals surface area contributed by atoms with E-state index in [4.69, 9.17) is 4.42 Å². The van der Waals surface area contributed by atoms with E-state index in [9.17, 15) is 9.18 Å². The third kappa shape index (κ3) is 1.99. The zero-order valence-electron chi connectivity index (χ0n) is 7.54. The molecule has 2 rings (SSSR count). The van der Waals surface area contributed by atoms with Crippen molar-refractivity contribution in [1.82, 2.24) is 0 Å². The highest BCUT2D eigenvalue weighted by Gasteiger charge is 2.15. The van der Waals surface area contributed by atoms with Crippen molar-refractivity contribution in [2.75, 3.05) is 0 Å². The predicted octanol–water partition coefficient (Wildman–Crippen LogP) is 3.41. The number of carbonyl (C=O) groups excluding carboxylic acids is 1. The largest absolute Gasteiger partial charge is 0.461 e. The summed E-state index contributed by atoms with van der Waals surface area (Å²) in [5.74, 6) is -0.424. The van der Waals surface area contributed by atoms with E-state index in [0.29, 0.717) is 10.0 Å². The molecule has 4 heteroatoms. The van der Waals surface area contributed by atoms with Gasteiger partial charge in [0.15, 0.2) is 5.76 Å². The van der Waals surface area contributed by atoms with Gasteiger partial charge in [-0.25, -0.2) is 4.39 Å². The number of ketones is 1. The topological polar surface area (TPSA) is 30.2 Å². The van der Waals surface area contributed by atoms with E-state index < -0.39 is 5.82 Å². The smallest absolute Gasteiger partial charge is 0.229 e. The van der Waals surface area contributed by atoms with Gasteiger partial charge in [-0.15, -0.1) is 0 Å². The second-order valence-corrected chi connectivity index (χ2v) is 3.78. The molecule has 2 aromatic rings. The molecule has 0 unspecified atom stereocenters. The molecule has 1 heterocycles. The summed E-state index contributed by atoms with van der Waals surface area (Å²) in [6.07, 6.45) is 1.42. The van der Waals surface area contributed by atoms with E-state index in [0.717, 1.165) is 0 Å². The number of benzene rings is 1. The lowest BCUT2D eigenvalue weighted by Crippen LogP contribution is -2.00. The standard InChI is InChI=1S/C11H6BrFO2/c12-9-6-7(13)3-4-8(9)11(14)10-2-1-5-15-10/h1-6H. The Bertz CT molecular complexity index is 491. The number of carbonyl (C=O) groups is 1. The van der Waals surface area contributed by atoms with E-state index in [2.05, 4.69) is 15.9 Å². The Labute approximate surface area is 93.8 Å². The molecule has 0 spiro atoms. The molecule has 0 amide bonds. The monoisotopic (exact) mass is 268 g/mol. The fourth-order valence-corrected chi connectivity index (χ4v) is 1.75. The highest BCUT2D eigenvalue weighted by molar-refractivity contribution is 9.10. The first kappa shape index (κ1) is 10.1. The van der Waals surface area contributed by atoms with Gasteiger partial charge in [0.05, 0.1) is 6.26 Å². The van der Waals surface area contributed by atoms with Gasteiger partial charge in [0.2, 0.25) is 5.78 Å². The minimum absolute atomic E-state index is 0.238. The van der Waals surface area contributed by atoms with Crippen LogP contribution in [0.15, 0.2) is 45.5 Å². The SMILES string of the molecule is O=C(c1ccco1)c1ccc(F)cc1Br. The Balaban J connectivity index is 2.42. The molecule has 15 heavy (non-hydrogen) atoms. The van der Waals surface area contributed by atoms with Crippen molar-refractivity contribution in [2.45, 2.75) is 0 Å². The van der Waals surface area contributed by atoms with Gasteiger partial charge in [-0.05, 0) is 46.3 Å². The zero-order valence-corrected chi connectivity index (χ0v) is 9.12. The van der Waals surface area contributed by atoms with Crippen LogP contribution in [0, 0.1) is 5.82 Å². The molecule has 76 valence electrons. The quantitative estimate of drug-likeness (QED) is 0.782. The lowest BCUT2D eigenvalue weighted by molar-refractivity contribution is 0.101. The molecule has 0 radical (unpaired) electrons. The number of furan rings is 1. The van der Waals surface area contributed by atoms with Crippen molar-refractivity contribution in [1.29, 1.82) is 0 Å². The summed E-state index contributed by atoms with van der Waals surface area (Å²) in [7, 11) is 0. The van der Waals surface area contributed by atoms with E-state index in [1.807, 2.05) is 0 Å². The molecule has 0 saturated carbocycles. The number of hydrogen-bond acceptors (Lipinski definition) is 2. The molecule has 0 fully saturated rings. The van der Waals surface area contributed by atoms with Gasteiger partial charge >= 0.3 is 0 Å². The number of halogens is 2. The van der Waals surface area contributed by atoms with Crippen LogP contribution in [0.3, 0.4) is 0 Å². The van der Waals surface area contributed by atoms with Crippen molar-refractivity contribution in [3.05, 3.63) is 58.2 Å². The summed E-state index contributed by atoms with van der Waals surface area (Å²) < 4.78 is 18.2. The maximum Gasteiger partial charge on any atom is 0.229 e. The van der Waals surface area contributed by atoms with Gasteiger partial charge in [0, 0.05) is 10.0 Å². The predicted molar refractivity (Wildman–Crippen MR) is 56.2 cm³/mol. The molecular weight excluding hydrogens is 263 g/mol. The van der Waals surface area contributed by atoms with Crippen LogP contribution in [0.1, 0.15) is 16.1 Å². The molecular formula is C11H6BrFO2. The first-order valence-electron chi connectivity index (χ1n) is 4.22. The highest BCUT2D eigenvalue weighted by atomic mass is 79.9. The lowest BCUT2D eigenvalue weighted by Gasteiger charge is -2.00. The molecule has 0 atom stereocenters. The third-order valence-electron chi connectivity index (χ3n) is 1.92. The summed E-state index contributed by atoms with van der Waals surface area (Å²) in [6, 6.07) is 7.10. The molecule has 0 aliphatic heterocycles.